The van der Waals surface area contributed by atoms with Gasteiger partial charge in [-0.3, -0.25) is 9.59 Å². The molecule has 0 bridgehead atoms. The lowest BCUT2D eigenvalue weighted by molar-refractivity contribution is -0.158. The summed E-state index contributed by atoms with van der Waals surface area (Å²) in [6.45, 7) is 1.76. The minimum atomic E-state index is -3.65. The molecule has 1 amide bonds. The first kappa shape index (κ1) is 21.4. The Morgan fingerprint density at radius 3 is 2.79 bits per heavy atom. The number of esters is 1. The summed E-state index contributed by atoms with van der Waals surface area (Å²) < 4.78 is 45.3. The summed E-state index contributed by atoms with van der Waals surface area (Å²) in [6.07, 6.45) is -0.100. The van der Waals surface area contributed by atoms with Crippen molar-refractivity contribution >= 4 is 38.9 Å². The second-order valence-electron chi connectivity index (χ2n) is 6.71. The third-order valence-corrected chi connectivity index (χ3v) is 7.80. The summed E-state index contributed by atoms with van der Waals surface area (Å²) in [5, 5.41) is 4.16. The van der Waals surface area contributed by atoms with Crippen LogP contribution in [0.4, 0.5) is 10.1 Å². The van der Waals surface area contributed by atoms with E-state index in [9.17, 15) is 22.4 Å². The van der Waals surface area contributed by atoms with Crippen molar-refractivity contribution in [3.63, 3.8) is 0 Å². The molecule has 1 aromatic carbocycles. The highest BCUT2D eigenvalue weighted by molar-refractivity contribution is 7.91. The van der Waals surface area contributed by atoms with Crippen LogP contribution in [0.2, 0.25) is 0 Å². The Morgan fingerprint density at radius 2 is 2.10 bits per heavy atom. The Hall–Kier alpha value is -2.30. The number of amides is 1. The number of benzene rings is 1. The van der Waals surface area contributed by atoms with Crippen molar-refractivity contribution < 1.29 is 27.1 Å². The van der Waals surface area contributed by atoms with Crippen LogP contribution in [0, 0.1) is 11.7 Å². The molecule has 1 aliphatic heterocycles. The lowest BCUT2D eigenvalue weighted by atomic mass is 10.00. The topological polar surface area (TPSA) is 92.8 Å². The molecule has 1 fully saturated rings. The fourth-order valence-corrected chi connectivity index (χ4v) is 5.69. The molecule has 2 atom stereocenters. The molecule has 1 aliphatic rings. The van der Waals surface area contributed by atoms with Gasteiger partial charge in [0, 0.05) is 18.8 Å². The quantitative estimate of drug-likeness (QED) is 0.698. The van der Waals surface area contributed by atoms with Crippen molar-refractivity contribution in [1.82, 2.24) is 4.31 Å². The summed E-state index contributed by atoms with van der Waals surface area (Å²) in [4.78, 5) is 24.7. The lowest BCUT2D eigenvalue weighted by Gasteiger charge is -2.30. The highest BCUT2D eigenvalue weighted by Crippen LogP contribution is 2.27. The molecule has 29 heavy (non-hydrogen) atoms. The zero-order valence-electron chi connectivity index (χ0n) is 15.7. The Kier molecular flexibility index (Phi) is 6.66. The summed E-state index contributed by atoms with van der Waals surface area (Å²) in [5.41, 5.74) is 0.254. The average Bonchev–Trinajstić information content (AvgIpc) is 3.23. The van der Waals surface area contributed by atoms with Crippen molar-refractivity contribution in [2.75, 3.05) is 18.4 Å². The van der Waals surface area contributed by atoms with Crippen LogP contribution in [-0.2, 0) is 24.3 Å². The Labute approximate surface area is 172 Å². The third kappa shape index (κ3) is 5.20. The van der Waals surface area contributed by atoms with E-state index in [1.165, 1.54) is 35.5 Å². The van der Waals surface area contributed by atoms with Crippen molar-refractivity contribution in [3.8, 4) is 0 Å². The first-order valence-electron chi connectivity index (χ1n) is 9.08. The van der Waals surface area contributed by atoms with Crippen LogP contribution in [0.15, 0.2) is 46.0 Å². The number of carbonyl (C=O) groups excluding carboxylic acids is 2. The van der Waals surface area contributed by atoms with E-state index in [4.69, 9.17) is 4.74 Å². The van der Waals surface area contributed by atoms with E-state index in [0.717, 1.165) is 17.4 Å². The molecule has 0 saturated carbocycles. The van der Waals surface area contributed by atoms with Crippen LogP contribution in [0.25, 0.3) is 0 Å². The number of piperidine rings is 1. The summed E-state index contributed by atoms with van der Waals surface area (Å²) in [5.74, 6) is -2.37. The summed E-state index contributed by atoms with van der Waals surface area (Å²) in [7, 11) is -3.65. The van der Waals surface area contributed by atoms with Crippen LogP contribution in [0.3, 0.4) is 0 Å². The molecule has 1 aromatic heterocycles. The van der Waals surface area contributed by atoms with Gasteiger partial charge < -0.3 is 10.1 Å². The SMILES string of the molecule is CC(OC(=O)C1CCCN(S(=O)(=O)c2cccs2)C1)C(=O)Nc1cccc(F)c1. The predicted octanol–water partition coefficient (Wildman–Crippen LogP) is 2.86. The minimum Gasteiger partial charge on any atom is -0.452 e. The fourth-order valence-electron chi connectivity index (χ4n) is 3.02. The second kappa shape index (κ2) is 9.02. The van der Waals surface area contributed by atoms with Crippen LogP contribution >= 0.6 is 11.3 Å². The normalized spacial score (nSPS) is 18.8. The van der Waals surface area contributed by atoms with Gasteiger partial charge in [-0.2, -0.15) is 4.31 Å². The van der Waals surface area contributed by atoms with Crippen molar-refractivity contribution in [2.24, 2.45) is 5.92 Å². The third-order valence-electron chi connectivity index (χ3n) is 4.56. The van der Waals surface area contributed by atoms with Gasteiger partial charge in [-0.05, 0) is 49.4 Å². The first-order chi connectivity index (χ1) is 13.8. The van der Waals surface area contributed by atoms with Gasteiger partial charge in [0.1, 0.15) is 10.0 Å². The van der Waals surface area contributed by atoms with E-state index in [0.29, 0.717) is 19.4 Å². The highest BCUT2D eigenvalue weighted by Gasteiger charge is 2.35. The van der Waals surface area contributed by atoms with E-state index in [-0.39, 0.29) is 16.4 Å². The maximum Gasteiger partial charge on any atom is 0.311 e. The highest BCUT2D eigenvalue weighted by atomic mass is 32.2. The fraction of sp³-hybridized carbons (Fsp3) is 0.368. The van der Waals surface area contributed by atoms with E-state index in [2.05, 4.69) is 5.32 Å². The van der Waals surface area contributed by atoms with Crippen LogP contribution < -0.4 is 5.32 Å². The van der Waals surface area contributed by atoms with Gasteiger partial charge in [0.15, 0.2) is 6.10 Å². The maximum atomic E-state index is 13.2. The summed E-state index contributed by atoms with van der Waals surface area (Å²) >= 11 is 1.12. The number of hydrogen-bond donors (Lipinski definition) is 1. The van der Waals surface area contributed by atoms with Crippen molar-refractivity contribution in [1.29, 1.82) is 0 Å². The molecular weight excluding hydrogens is 419 g/mol. The predicted molar refractivity (Wildman–Crippen MR) is 106 cm³/mol. The molecule has 2 heterocycles. The van der Waals surface area contributed by atoms with Crippen LogP contribution in [-0.4, -0.2) is 43.8 Å². The number of rotatable bonds is 6. The molecule has 1 N–H and O–H groups in total. The number of anilines is 1. The van der Waals surface area contributed by atoms with Crippen LogP contribution in [0.1, 0.15) is 19.8 Å². The molecule has 2 aromatic rings. The van der Waals surface area contributed by atoms with E-state index < -0.39 is 39.7 Å². The monoisotopic (exact) mass is 440 g/mol. The average molecular weight is 441 g/mol. The molecule has 0 radical (unpaired) electrons. The number of halogens is 1. The largest absolute Gasteiger partial charge is 0.452 e. The minimum absolute atomic E-state index is 0.0112. The smallest absolute Gasteiger partial charge is 0.311 e. The standard InChI is InChI=1S/C19H21FN2O5S2/c1-13(18(23)21-16-7-2-6-15(20)11-16)27-19(24)14-5-3-9-22(12-14)29(25,26)17-8-4-10-28-17/h2,4,6-8,10-11,13-14H,3,5,9,12H2,1H3,(H,21,23). The lowest BCUT2D eigenvalue weighted by Crippen LogP contribution is -2.43. The second-order valence-corrected chi connectivity index (χ2v) is 9.83. The molecule has 1 saturated heterocycles. The number of hydrogen-bond acceptors (Lipinski definition) is 6. The van der Waals surface area contributed by atoms with E-state index >= 15 is 0 Å². The first-order valence-corrected chi connectivity index (χ1v) is 11.4. The van der Waals surface area contributed by atoms with Crippen molar-refractivity contribution in [2.45, 2.75) is 30.1 Å². The van der Waals surface area contributed by atoms with Gasteiger partial charge in [0.2, 0.25) is 0 Å². The van der Waals surface area contributed by atoms with E-state index in [1.807, 2.05) is 0 Å². The van der Waals surface area contributed by atoms with Gasteiger partial charge in [0.05, 0.1) is 5.92 Å². The zero-order valence-corrected chi connectivity index (χ0v) is 17.3. The molecule has 7 nitrogen and oxygen atoms in total. The van der Waals surface area contributed by atoms with Crippen LogP contribution in [0.5, 0.6) is 0 Å². The van der Waals surface area contributed by atoms with Gasteiger partial charge in [-0.25, -0.2) is 12.8 Å². The number of nitrogens with zero attached hydrogens (tertiary/aromatic N) is 1. The van der Waals surface area contributed by atoms with Gasteiger partial charge in [-0.15, -0.1) is 11.3 Å². The Bertz CT molecular complexity index is 978. The molecule has 2 unspecified atom stereocenters. The number of nitrogens with one attached hydrogen (secondary N) is 1. The molecule has 10 heteroatoms. The molecule has 0 aliphatic carbocycles. The maximum absolute atomic E-state index is 13.2. The molecule has 0 spiro atoms. The number of carbonyl (C=O) groups is 2. The number of ether oxygens (including phenoxy) is 1. The Morgan fingerprint density at radius 1 is 1.31 bits per heavy atom. The number of sulfonamides is 1. The van der Waals surface area contributed by atoms with Crippen molar-refractivity contribution in [3.05, 3.63) is 47.6 Å². The molecular formula is C19H21FN2O5S2. The summed E-state index contributed by atoms with van der Waals surface area (Å²) in [6, 6.07) is 8.56. The zero-order chi connectivity index (χ0) is 21.0. The Balaban J connectivity index is 1.59. The van der Waals surface area contributed by atoms with E-state index in [1.54, 1.807) is 11.4 Å². The molecule has 156 valence electrons. The molecule has 3 rings (SSSR count). The van der Waals surface area contributed by atoms with Gasteiger partial charge in [0.25, 0.3) is 15.9 Å². The van der Waals surface area contributed by atoms with Gasteiger partial charge >= 0.3 is 5.97 Å². The van der Waals surface area contributed by atoms with Gasteiger partial charge in [-0.1, -0.05) is 12.1 Å². The number of thiophene rings is 1.